The standard InChI is InChI=1S/C7H8N2O3/c1-12-7(11)9-5-3-2-4-8-6(5)10/h2-4H,1H3,(H,8,10)(H,9,11). The monoisotopic (exact) mass is 168 g/mol. The molecule has 0 unspecified atom stereocenters. The number of hydrogen-bond acceptors (Lipinski definition) is 3. The van der Waals surface area contributed by atoms with Gasteiger partial charge >= 0.3 is 6.09 Å². The van der Waals surface area contributed by atoms with E-state index in [0.29, 0.717) is 0 Å². The number of rotatable bonds is 1. The predicted octanol–water partition coefficient (Wildman–Crippen LogP) is 0.553. The van der Waals surface area contributed by atoms with Crippen LogP contribution in [-0.2, 0) is 4.74 Å². The first-order valence-corrected chi connectivity index (χ1v) is 3.26. The van der Waals surface area contributed by atoms with Crippen molar-refractivity contribution in [1.82, 2.24) is 4.98 Å². The third-order valence-electron chi connectivity index (χ3n) is 1.24. The number of hydrogen-bond donors (Lipinski definition) is 2. The van der Waals surface area contributed by atoms with Gasteiger partial charge in [0, 0.05) is 6.20 Å². The van der Waals surface area contributed by atoms with Gasteiger partial charge in [0.05, 0.1) is 7.11 Å². The molecule has 12 heavy (non-hydrogen) atoms. The van der Waals surface area contributed by atoms with E-state index >= 15 is 0 Å². The number of aromatic nitrogens is 1. The Morgan fingerprint density at radius 1 is 1.67 bits per heavy atom. The van der Waals surface area contributed by atoms with E-state index in [1.807, 2.05) is 0 Å². The number of nitrogens with one attached hydrogen (secondary N) is 2. The lowest BCUT2D eigenvalue weighted by Crippen LogP contribution is -2.18. The molecule has 0 aromatic carbocycles. The Morgan fingerprint density at radius 2 is 2.42 bits per heavy atom. The second-order valence-electron chi connectivity index (χ2n) is 2.03. The van der Waals surface area contributed by atoms with E-state index in [2.05, 4.69) is 15.0 Å². The third kappa shape index (κ3) is 1.85. The average Bonchev–Trinajstić information content (AvgIpc) is 2.09. The van der Waals surface area contributed by atoms with Crippen LogP contribution >= 0.6 is 0 Å². The summed E-state index contributed by atoms with van der Waals surface area (Å²) in [5.41, 5.74) is -0.188. The van der Waals surface area contributed by atoms with Crippen LogP contribution in [0.25, 0.3) is 0 Å². The second kappa shape index (κ2) is 3.56. The number of methoxy groups -OCH3 is 1. The summed E-state index contributed by atoms with van der Waals surface area (Å²) in [6.07, 6.45) is 0.817. The Morgan fingerprint density at radius 3 is 3.00 bits per heavy atom. The van der Waals surface area contributed by atoms with Gasteiger partial charge < -0.3 is 9.72 Å². The Hall–Kier alpha value is -1.78. The highest BCUT2D eigenvalue weighted by atomic mass is 16.5. The Balaban J connectivity index is 2.83. The quantitative estimate of drug-likeness (QED) is 0.643. The van der Waals surface area contributed by atoms with Crippen molar-refractivity contribution in [3.8, 4) is 0 Å². The van der Waals surface area contributed by atoms with E-state index in [-0.39, 0.29) is 11.2 Å². The predicted molar refractivity (Wildman–Crippen MR) is 43.1 cm³/mol. The molecular formula is C7H8N2O3. The van der Waals surface area contributed by atoms with E-state index < -0.39 is 6.09 Å². The topological polar surface area (TPSA) is 71.2 Å². The molecule has 1 aromatic heterocycles. The van der Waals surface area contributed by atoms with Crippen LogP contribution in [0.2, 0.25) is 0 Å². The molecule has 1 aromatic rings. The fraction of sp³-hybridized carbons (Fsp3) is 0.143. The number of H-pyrrole nitrogens is 1. The number of carbonyl (C=O) groups excluding carboxylic acids is 1. The molecule has 0 bridgehead atoms. The lowest BCUT2D eigenvalue weighted by molar-refractivity contribution is 0.187. The van der Waals surface area contributed by atoms with Crippen molar-refractivity contribution in [3.05, 3.63) is 28.7 Å². The molecule has 0 atom stereocenters. The molecule has 1 heterocycles. The first-order chi connectivity index (χ1) is 5.74. The summed E-state index contributed by atoms with van der Waals surface area (Å²) in [5, 5.41) is 2.25. The Labute approximate surface area is 68.4 Å². The molecule has 0 saturated heterocycles. The maximum atomic E-state index is 10.9. The highest BCUT2D eigenvalue weighted by Gasteiger charge is 2.02. The summed E-state index contributed by atoms with van der Waals surface area (Å²) in [4.78, 5) is 24.0. The molecular weight excluding hydrogens is 160 g/mol. The molecule has 64 valence electrons. The molecule has 0 saturated carbocycles. The van der Waals surface area contributed by atoms with Crippen LogP contribution in [0, 0.1) is 0 Å². The first-order valence-electron chi connectivity index (χ1n) is 3.26. The second-order valence-corrected chi connectivity index (χ2v) is 2.03. The summed E-state index contributed by atoms with van der Waals surface area (Å²) in [5.74, 6) is 0. The summed E-state index contributed by atoms with van der Waals surface area (Å²) in [6.45, 7) is 0. The van der Waals surface area contributed by atoms with Crippen molar-refractivity contribution < 1.29 is 9.53 Å². The van der Waals surface area contributed by atoms with Crippen LogP contribution in [0.4, 0.5) is 10.5 Å². The minimum Gasteiger partial charge on any atom is -0.453 e. The van der Waals surface area contributed by atoms with Gasteiger partial charge in [-0.2, -0.15) is 0 Å². The molecule has 5 nitrogen and oxygen atoms in total. The molecule has 0 aliphatic carbocycles. The van der Waals surface area contributed by atoms with Crippen LogP contribution in [0.5, 0.6) is 0 Å². The fourth-order valence-electron chi connectivity index (χ4n) is 0.681. The number of anilines is 1. The lowest BCUT2D eigenvalue weighted by Gasteiger charge is -2.00. The molecule has 2 N–H and O–H groups in total. The Bertz CT molecular complexity index is 331. The summed E-state index contributed by atoms with van der Waals surface area (Å²) >= 11 is 0. The van der Waals surface area contributed by atoms with Gasteiger partial charge in [0.2, 0.25) is 0 Å². The van der Waals surface area contributed by atoms with Crippen molar-refractivity contribution >= 4 is 11.8 Å². The Kier molecular flexibility index (Phi) is 2.47. The largest absolute Gasteiger partial charge is 0.453 e. The van der Waals surface area contributed by atoms with Crippen LogP contribution in [0.3, 0.4) is 0 Å². The minimum atomic E-state index is -0.660. The van der Waals surface area contributed by atoms with E-state index in [9.17, 15) is 9.59 Å². The summed E-state index contributed by atoms with van der Waals surface area (Å²) < 4.78 is 4.31. The van der Waals surface area contributed by atoms with E-state index in [1.54, 1.807) is 6.07 Å². The van der Waals surface area contributed by atoms with E-state index in [4.69, 9.17) is 0 Å². The molecule has 5 heteroatoms. The van der Waals surface area contributed by atoms with Gasteiger partial charge in [0.1, 0.15) is 5.69 Å². The van der Waals surface area contributed by atoms with Gasteiger partial charge in [-0.15, -0.1) is 0 Å². The fourth-order valence-corrected chi connectivity index (χ4v) is 0.681. The molecule has 1 amide bonds. The number of amides is 1. The highest BCUT2D eigenvalue weighted by Crippen LogP contribution is 1.95. The summed E-state index contributed by atoms with van der Waals surface area (Å²) in [7, 11) is 1.23. The van der Waals surface area contributed by atoms with Gasteiger partial charge in [0.15, 0.2) is 0 Å². The zero-order chi connectivity index (χ0) is 8.97. The van der Waals surface area contributed by atoms with Gasteiger partial charge in [-0.25, -0.2) is 4.79 Å². The van der Waals surface area contributed by atoms with Gasteiger partial charge in [-0.1, -0.05) is 0 Å². The summed E-state index contributed by atoms with van der Waals surface area (Å²) in [6, 6.07) is 3.09. The number of carbonyl (C=O) groups is 1. The zero-order valence-electron chi connectivity index (χ0n) is 6.46. The van der Waals surface area contributed by atoms with Crippen molar-refractivity contribution in [1.29, 1.82) is 0 Å². The molecule has 0 aliphatic heterocycles. The zero-order valence-corrected chi connectivity index (χ0v) is 6.46. The smallest absolute Gasteiger partial charge is 0.411 e. The molecule has 1 rings (SSSR count). The maximum absolute atomic E-state index is 10.9. The third-order valence-corrected chi connectivity index (χ3v) is 1.24. The lowest BCUT2D eigenvalue weighted by atomic mass is 10.4. The van der Waals surface area contributed by atoms with Crippen molar-refractivity contribution in [2.45, 2.75) is 0 Å². The van der Waals surface area contributed by atoms with E-state index in [1.165, 1.54) is 19.4 Å². The normalized spacial score (nSPS) is 9.08. The van der Waals surface area contributed by atoms with Gasteiger partial charge in [-0.05, 0) is 12.1 Å². The number of ether oxygens (including phenoxy) is 1. The maximum Gasteiger partial charge on any atom is 0.411 e. The molecule has 0 spiro atoms. The van der Waals surface area contributed by atoms with E-state index in [0.717, 1.165) is 0 Å². The van der Waals surface area contributed by atoms with Crippen LogP contribution in [0.15, 0.2) is 23.1 Å². The van der Waals surface area contributed by atoms with Gasteiger partial charge in [0.25, 0.3) is 5.56 Å². The molecule has 0 fully saturated rings. The SMILES string of the molecule is COC(=O)Nc1ccc[nH]c1=O. The highest BCUT2D eigenvalue weighted by molar-refractivity contribution is 5.83. The average molecular weight is 168 g/mol. The number of aromatic amines is 1. The minimum absolute atomic E-state index is 0.171. The number of pyridine rings is 1. The van der Waals surface area contributed by atoms with Crippen LogP contribution < -0.4 is 10.9 Å². The van der Waals surface area contributed by atoms with Crippen molar-refractivity contribution in [2.24, 2.45) is 0 Å². The van der Waals surface area contributed by atoms with Gasteiger partial charge in [-0.3, -0.25) is 10.1 Å². The van der Waals surface area contributed by atoms with Crippen LogP contribution in [-0.4, -0.2) is 18.2 Å². The molecule has 0 radical (unpaired) electrons. The molecule has 0 aliphatic rings. The van der Waals surface area contributed by atoms with Crippen LogP contribution in [0.1, 0.15) is 0 Å². The van der Waals surface area contributed by atoms with Crippen molar-refractivity contribution in [2.75, 3.05) is 12.4 Å². The first kappa shape index (κ1) is 8.32. The van der Waals surface area contributed by atoms with Crippen molar-refractivity contribution in [3.63, 3.8) is 0 Å².